The van der Waals surface area contributed by atoms with Crippen LogP contribution in [0.3, 0.4) is 0 Å². The molecule has 42 heavy (non-hydrogen) atoms. The monoisotopic (exact) mass is 563 g/mol. The lowest BCUT2D eigenvalue weighted by atomic mass is 9.49. The highest BCUT2D eigenvalue weighted by molar-refractivity contribution is 6.02. The van der Waals surface area contributed by atoms with Crippen LogP contribution < -0.4 is 20.3 Å². The smallest absolute Gasteiger partial charge is 0.247 e. The maximum Gasteiger partial charge on any atom is 0.247 e. The van der Waals surface area contributed by atoms with Crippen molar-refractivity contribution in [1.29, 1.82) is 0 Å². The van der Waals surface area contributed by atoms with Gasteiger partial charge >= 0.3 is 0 Å². The quantitative estimate of drug-likeness (QED) is 0.256. The molecule has 2 bridgehead atoms. The second-order valence-corrected chi connectivity index (χ2v) is 12.1. The van der Waals surface area contributed by atoms with Crippen LogP contribution in [0.15, 0.2) is 67.5 Å². The summed E-state index contributed by atoms with van der Waals surface area (Å²) in [5.74, 6) is 1.72. The molecule has 3 heterocycles. The minimum atomic E-state index is -0.269. The molecule has 2 aromatic heterocycles. The minimum Gasteiger partial charge on any atom is -0.494 e. The molecule has 0 unspecified atom stereocenters. The van der Waals surface area contributed by atoms with Gasteiger partial charge in [-0.25, -0.2) is 9.97 Å². The number of para-hydroxylation sites is 1. The summed E-state index contributed by atoms with van der Waals surface area (Å²) >= 11 is 0. The molecule has 2 aromatic carbocycles. The van der Waals surface area contributed by atoms with E-state index in [-0.39, 0.29) is 11.4 Å². The van der Waals surface area contributed by atoms with Gasteiger partial charge in [0, 0.05) is 59.6 Å². The van der Waals surface area contributed by atoms with E-state index in [2.05, 4.69) is 81.1 Å². The van der Waals surface area contributed by atoms with Crippen LogP contribution in [-0.4, -0.2) is 65.7 Å². The maximum absolute atomic E-state index is 12.4. The Balaban J connectivity index is 1.23. The molecule has 4 fully saturated rings. The highest BCUT2D eigenvalue weighted by atomic mass is 16.5. The first-order valence-corrected chi connectivity index (χ1v) is 14.7. The lowest BCUT2D eigenvalue weighted by Gasteiger charge is -2.62. The van der Waals surface area contributed by atoms with Crippen molar-refractivity contribution in [3.8, 4) is 17.0 Å². The average Bonchev–Trinajstić information content (AvgIpc) is 3.58. The average molecular weight is 564 g/mol. The molecule has 1 atom stereocenters. The number of nitrogens with one attached hydrogen (secondary N) is 2. The van der Waals surface area contributed by atoms with Crippen LogP contribution in [-0.2, 0) is 10.3 Å². The predicted molar refractivity (Wildman–Crippen MR) is 168 cm³/mol. The number of likely N-dealkylation sites (N-methyl/N-ethyl adjacent to an activating group) is 1. The van der Waals surface area contributed by atoms with E-state index in [1.807, 2.05) is 18.2 Å². The first-order chi connectivity index (χ1) is 20.4. The molecule has 9 heteroatoms. The van der Waals surface area contributed by atoms with E-state index < -0.39 is 0 Å². The first-order valence-electron chi connectivity index (χ1n) is 14.7. The van der Waals surface area contributed by atoms with E-state index in [4.69, 9.17) is 9.72 Å². The molecule has 216 valence electrons. The number of carbonyl (C=O) groups is 1. The van der Waals surface area contributed by atoms with E-state index in [0.717, 1.165) is 42.4 Å². The highest BCUT2D eigenvalue weighted by Gasteiger charge is 2.58. The van der Waals surface area contributed by atoms with Crippen molar-refractivity contribution < 1.29 is 9.53 Å². The van der Waals surface area contributed by atoms with Gasteiger partial charge in [0.2, 0.25) is 11.9 Å². The molecule has 1 saturated heterocycles. The molecule has 4 aromatic rings. The number of methoxy groups -OCH3 is 1. The van der Waals surface area contributed by atoms with Gasteiger partial charge in [-0.1, -0.05) is 24.8 Å². The Bertz CT molecular complexity index is 1680. The molecular weight excluding hydrogens is 526 g/mol. The van der Waals surface area contributed by atoms with Crippen LogP contribution in [0.4, 0.5) is 23.0 Å². The molecule has 8 rings (SSSR count). The van der Waals surface area contributed by atoms with Crippen molar-refractivity contribution in [2.24, 2.45) is 5.92 Å². The number of hydrogen-bond donors (Lipinski definition) is 2. The number of hydrogen-bond acceptors (Lipinski definition) is 7. The third-order valence-corrected chi connectivity index (χ3v) is 9.40. The number of rotatable bonds is 9. The topological polar surface area (TPSA) is 87.5 Å². The van der Waals surface area contributed by atoms with Gasteiger partial charge in [0.05, 0.1) is 29.9 Å². The van der Waals surface area contributed by atoms with Crippen LogP contribution >= 0.6 is 0 Å². The van der Waals surface area contributed by atoms with E-state index >= 15 is 0 Å². The fourth-order valence-electron chi connectivity index (χ4n) is 6.96. The number of amides is 1. The Kier molecular flexibility index (Phi) is 6.42. The number of benzene rings is 2. The number of ether oxygens (including phenoxy) is 1. The number of nitrogens with zero attached hydrogens (tertiary/aromatic N) is 5. The Morgan fingerprint density at radius 1 is 1.17 bits per heavy atom. The summed E-state index contributed by atoms with van der Waals surface area (Å²) in [6.07, 6.45) is 10.2. The number of carbonyl (C=O) groups excluding carboxylic acids is 1. The van der Waals surface area contributed by atoms with Crippen molar-refractivity contribution in [3.05, 3.63) is 67.5 Å². The van der Waals surface area contributed by atoms with Crippen LogP contribution in [0.5, 0.6) is 5.75 Å². The van der Waals surface area contributed by atoms with Gasteiger partial charge in [0.1, 0.15) is 5.75 Å². The van der Waals surface area contributed by atoms with Crippen molar-refractivity contribution in [2.75, 3.05) is 49.8 Å². The van der Waals surface area contributed by atoms with E-state index in [1.54, 1.807) is 13.3 Å². The van der Waals surface area contributed by atoms with Crippen molar-refractivity contribution in [2.45, 2.75) is 37.3 Å². The Morgan fingerprint density at radius 2 is 1.98 bits per heavy atom. The standard InChI is InChI=1S/C33H37N7O2/c1-5-31(41)35-26-14-27(30(42-4)15-29(26)39-13-11-22(19-39)38(2)3)37-32-34-12-10-25(36-32)24-20-40(33-16-21(17-33)18-33)28-9-7-6-8-23(24)28/h5-10,12,14-15,20-22H,1,11,13,16-19H2,2-4H3,(H,35,41)(H,34,36,37)/t21?,22-,33?/m1/s1. The summed E-state index contributed by atoms with van der Waals surface area (Å²) < 4.78 is 8.31. The molecular formula is C33H37N7O2. The zero-order chi connectivity index (χ0) is 29.0. The van der Waals surface area contributed by atoms with Gasteiger partial charge in [-0.2, -0.15) is 0 Å². The second kappa shape index (κ2) is 10.2. The predicted octanol–water partition coefficient (Wildman–Crippen LogP) is 5.62. The maximum atomic E-state index is 12.4. The Morgan fingerprint density at radius 3 is 2.67 bits per heavy atom. The molecule has 2 N–H and O–H groups in total. The lowest BCUT2D eigenvalue weighted by molar-refractivity contribution is -0.111. The summed E-state index contributed by atoms with van der Waals surface area (Å²) in [5.41, 5.74) is 5.76. The fraction of sp³-hybridized carbons (Fsp3) is 0.364. The number of fused-ring (bicyclic) bond motifs is 1. The van der Waals surface area contributed by atoms with Gasteiger partial charge in [0.15, 0.2) is 0 Å². The lowest BCUT2D eigenvalue weighted by Crippen LogP contribution is -2.58. The third-order valence-electron chi connectivity index (χ3n) is 9.40. The highest BCUT2D eigenvalue weighted by Crippen LogP contribution is 2.63. The van der Waals surface area contributed by atoms with Crippen molar-refractivity contribution in [1.82, 2.24) is 19.4 Å². The van der Waals surface area contributed by atoms with Crippen LogP contribution in [0.1, 0.15) is 25.7 Å². The normalized spacial score (nSPS) is 22.5. The number of aromatic nitrogens is 3. The molecule has 3 aliphatic carbocycles. The van der Waals surface area contributed by atoms with Gasteiger partial charge < -0.3 is 29.7 Å². The van der Waals surface area contributed by atoms with Crippen LogP contribution in [0.2, 0.25) is 0 Å². The molecule has 4 aliphatic rings. The zero-order valence-electron chi connectivity index (χ0n) is 24.4. The molecule has 3 saturated carbocycles. The summed E-state index contributed by atoms with van der Waals surface area (Å²) in [7, 11) is 5.85. The van der Waals surface area contributed by atoms with Gasteiger partial charge in [-0.15, -0.1) is 0 Å². The Labute approximate surface area is 246 Å². The molecule has 0 spiro atoms. The second-order valence-electron chi connectivity index (χ2n) is 12.1. The van der Waals surface area contributed by atoms with Crippen LogP contribution in [0.25, 0.3) is 22.2 Å². The van der Waals surface area contributed by atoms with E-state index in [0.29, 0.717) is 29.1 Å². The first kappa shape index (κ1) is 26.5. The van der Waals surface area contributed by atoms with Gasteiger partial charge in [-0.3, -0.25) is 4.79 Å². The summed E-state index contributed by atoms with van der Waals surface area (Å²) in [6, 6.07) is 14.9. The van der Waals surface area contributed by atoms with Crippen molar-refractivity contribution in [3.63, 3.8) is 0 Å². The van der Waals surface area contributed by atoms with Gasteiger partial charge in [0.25, 0.3) is 0 Å². The van der Waals surface area contributed by atoms with E-state index in [1.165, 1.54) is 36.2 Å². The zero-order valence-corrected chi connectivity index (χ0v) is 24.4. The SMILES string of the molecule is C=CC(=O)Nc1cc(Nc2nccc(-c3cn(C45CC(C4)C5)c4ccccc34)n2)c(OC)cc1N1CC[C@@H](N(C)C)C1. The summed E-state index contributed by atoms with van der Waals surface area (Å²) in [6.45, 7) is 5.38. The van der Waals surface area contributed by atoms with Crippen molar-refractivity contribution >= 4 is 39.8 Å². The molecule has 9 nitrogen and oxygen atoms in total. The Hall–Kier alpha value is -4.37. The van der Waals surface area contributed by atoms with Crippen LogP contribution in [0, 0.1) is 5.92 Å². The minimum absolute atomic E-state index is 0.269. The molecule has 1 amide bonds. The van der Waals surface area contributed by atoms with Gasteiger partial charge in [-0.05, 0) is 70.0 Å². The molecule has 0 radical (unpaired) electrons. The summed E-state index contributed by atoms with van der Waals surface area (Å²) in [4.78, 5) is 26.4. The summed E-state index contributed by atoms with van der Waals surface area (Å²) in [5, 5.41) is 7.56. The van der Waals surface area contributed by atoms with E-state index in [9.17, 15) is 4.79 Å². The number of anilines is 4. The molecule has 1 aliphatic heterocycles. The largest absolute Gasteiger partial charge is 0.494 e. The fourth-order valence-corrected chi connectivity index (χ4v) is 6.96. The third kappa shape index (κ3) is 4.39.